The van der Waals surface area contributed by atoms with Crippen LogP contribution in [-0.2, 0) is 27.3 Å². The van der Waals surface area contributed by atoms with E-state index in [1.165, 1.54) is 6.92 Å². The van der Waals surface area contributed by atoms with Gasteiger partial charge in [0.05, 0.1) is 13.2 Å². The van der Waals surface area contributed by atoms with E-state index < -0.39 is 6.04 Å². The van der Waals surface area contributed by atoms with E-state index in [4.69, 9.17) is 4.74 Å². The first kappa shape index (κ1) is 16.9. The van der Waals surface area contributed by atoms with Gasteiger partial charge in [0.25, 0.3) is 0 Å². The van der Waals surface area contributed by atoms with Crippen LogP contribution in [0.25, 0.3) is 0 Å². The monoisotopic (exact) mass is 331 g/mol. The van der Waals surface area contributed by atoms with Gasteiger partial charge >= 0.3 is 0 Å². The van der Waals surface area contributed by atoms with Crippen molar-refractivity contribution in [1.29, 1.82) is 0 Å². The number of hydrogen-bond acceptors (Lipinski definition) is 4. The SMILES string of the molecule is CC(=O)N1Cc2ccccc2CC1C(=O)NCCN1CCOCC1. The highest BCUT2D eigenvalue weighted by atomic mass is 16.5. The maximum atomic E-state index is 12.6. The molecule has 2 aliphatic heterocycles. The van der Waals surface area contributed by atoms with E-state index in [0.29, 0.717) is 19.5 Å². The molecule has 0 saturated carbocycles. The number of fused-ring (bicyclic) bond motifs is 1. The van der Waals surface area contributed by atoms with Crippen molar-refractivity contribution in [2.45, 2.75) is 25.9 Å². The second-order valence-corrected chi connectivity index (χ2v) is 6.38. The predicted molar refractivity (Wildman–Crippen MR) is 90.4 cm³/mol. The number of rotatable bonds is 4. The molecule has 0 bridgehead atoms. The third-order valence-electron chi connectivity index (χ3n) is 4.79. The molecular weight excluding hydrogens is 306 g/mol. The van der Waals surface area contributed by atoms with Crippen LogP contribution in [-0.4, -0.2) is 67.0 Å². The lowest BCUT2D eigenvalue weighted by Gasteiger charge is -2.35. The van der Waals surface area contributed by atoms with Gasteiger partial charge in [-0.25, -0.2) is 0 Å². The van der Waals surface area contributed by atoms with Crippen molar-refractivity contribution in [2.24, 2.45) is 0 Å². The molecule has 3 rings (SSSR count). The molecule has 0 radical (unpaired) electrons. The minimum Gasteiger partial charge on any atom is -0.379 e. The summed E-state index contributed by atoms with van der Waals surface area (Å²) in [5.41, 5.74) is 2.29. The zero-order valence-corrected chi connectivity index (χ0v) is 14.2. The topological polar surface area (TPSA) is 61.9 Å². The van der Waals surface area contributed by atoms with Gasteiger partial charge in [-0.3, -0.25) is 14.5 Å². The Hall–Kier alpha value is -1.92. The predicted octanol–water partition coefficient (Wildman–Crippen LogP) is 0.408. The van der Waals surface area contributed by atoms with Gasteiger partial charge in [0.2, 0.25) is 11.8 Å². The average molecular weight is 331 g/mol. The fourth-order valence-corrected chi connectivity index (χ4v) is 3.37. The number of benzene rings is 1. The van der Waals surface area contributed by atoms with Gasteiger partial charge in [-0.2, -0.15) is 0 Å². The lowest BCUT2D eigenvalue weighted by Crippen LogP contribution is -2.53. The number of carbonyl (C=O) groups is 2. The second kappa shape index (κ2) is 7.77. The lowest BCUT2D eigenvalue weighted by atomic mass is 9.93. The molecule has 0 aliphatic carbocycles. The van der Waals surface area contributed by atoms with Gasteiger partial charge in [0, 0.05) is 46.1 Å². The molecular formula is C18H25N3O3. The van der Waals surface area contributed by atoms with Crippen molar-refractivity contribution in [1.82, 2.24) is 15.1 Å². The minimum atomic E-state index is -0.415. The third-order valence-corrected chi connectivity index (χ3v) is 4.79. The number of nitrogens with one attached hydrogen (secondary N) is 1. The fourth-order valence-electron chi connectivity index (χ4n) is 3.37. The summed E-state index contributed by atoms with van der Waals surface area (Å²) in [5.74, 6) is -0.120. The van der Waals surface area contributed by atoms with E-state index in [0.717, 1.165) is 44.0 Å². The lowest BCUT2D eigenvalue weighted by molar-refractivity contribution is -0.140. The molecule has 6 heteroatoms. The summed E-state index contributed by atoms with van der Waals surface area (Å²) in [6.45, 7) is 6.78. The Bertz CT molecular complexity index is 599. The standard InChI is InChI=1S/C18H25N3O3/c1-14(22)21-13-16-5-3-2-4-15(16)12-17(21)18(23)19-6-7-20-8-10-24-11-9-20/h2-5,17H,6-13H2,1H3,(H,19,23). The molecule has 130 valence electrons. The highest BCUT2D eigenvalue weighted by molar-refractivity contribution is 5.87. The molecule has 1 N–H and O–H groups in total. The molecule has 0 spiro atoms. The van der Waals surface area contributed by atoms with E-state index in [2.05, 4.69) is 10.2 Å². The molecule has 2 amide bonds. The molecule has 1 aromatic rings. The Kier molecular flexibility index (Phi) is 5.48. The quantitative estimate of drug-likeness (QED) is 0.868. The third kappa shape index (κ3) is 3.94. The van der Waals surface area contributed by atoms with Crippen molar-refractivity contribution < 1.29 is 14.3 Å². The zero-order valence-electron chi connectivity index (χ0n) is 14.2. The van der Waals surface area contributed by atoms with Gasteiger partial charge in [0.15, 0.2) is 0 Å². The van der Waals surface area contributed by atoms with Crippen LogP contribution in [0.15, 0.2) is 24.3 Å². The van der Waals surface area contributed by atoms with Gasteiger partial charge in [-0.05, 0) is 11.1 Å². The van der Waals surface area contributed by atoms with Crippen LogP contribution in [0.3, 0.4) is 0 Å². The van der Waals surface area contributed by atoms with E-state index in [1.54, 1.807) is 4.90 Å². The van der Waals surface area contributed by atoms with E-state index in [9.17, 15) is 9.59 Å². The summed E-state index contributed by atoms with van der Waals surface area (Å²) in [6, 6.07) is 7.61. The van der Waals surface area contributed by atoms with Gasteiger partial charge in [0.1, 0.15) is 6.04 Å². The number of carbonyl (C=O) groups excluding carboxylic acids is 2. The summed E-state index contributed by atoms with van der Waals surface area (Å²) >= 11 is 0. The summed E-state index contributed by atoms with van der Waals surface area (Å²) in [4.78, 5) is 28.5. The molecule has 1 saturated heterocycles. The average Bonchev–Trinajstić information content (AvgIpc) is 2.61. The zero-order chi connectivity index (χ0) is 16.9. The van der Waals surface area contributed by atoms with Crippen molar-refractivity contribution in [3.8, 4) is 0 Å². The van der Waals surface area contributed by atoms with Crippen molar-refractivity contribution >= 4 is 11.8 Å². The number of amides is 2. The maximum Gasteiger partial charge on any atom is 0.243 e. The minimum absolute atomic E-state index is 0.0576. The summed E-state index contributed by atoms with van der Waals surface area (Å²) < 4.78 is 5.32. The van der Waals surface area contributed by atoms with Crippen LogP contribution >= 0.6 is 0 Å². The van der Waals surface area contributed by atoms with Crippen molar-refractivity contribution in [3.05, 3.63) is 35.4 Å². The van der Waals surface area contributed by atoms with Gasteiger partial charge in [-0.15, -0.1) is 0 Å². The Balaban J connectivity index is 1.58. The molecule has 1 fully saturated rings. The first-order valence-electron chi connectivity index (χ1n) is 8.57. The number of ether oxygens (including phenoxy) is 1. The number of morpholine rings is 1. The molecule has 1 atom stereocenters. The van der Waals surface area contributed by atoms with E-state index in [-0.39, 0.29) is 11.8 Å². The largest absolute Gasteiger partial charge is 0.379 e. The van der Waals surface area contributed by atoms with Crippen LogP contribution < -0.4 is 5.32 Å². The summed E-state index contributed by atoms with van der Waals surface area (Å²) in [7, 11) is 0. The molecule has 24 heavy (non-hydrogen) atoms. The van der Waals surface area contributed by atoms with Crippen LogP contribution in [0.1, 0.15) is 18.1 Å². The van der Waals surface area contributed by atoms with Crippen LogP contribution in [0.2, 0.25) is 0 Å². The Labute approximate surface area is 142 Å². The molecule has 1 unspecified atom stereocenters. The van der Waals surface area contributed by atoms with E-state index >= 15 is 0 Å². The molecule has 1 aromatic carbocycles. The summed E-state index contributed by atoms with van der Waals surface area (Å²) in [5, 5.41) is 3.00. The Morgan fingerprint density at radius 2 is 1.92 bits per heavy atom. The smallest absolute Gasteiger partial charge is 0.243 e. The molecule has 2 heterocycles. The van der Waals surface area contributed by atoms with Crippen LogP contribution in [0, 0.1) is 0 Å². The number of hydrogen-bond donors (Lipinski definition) is 1. The molecule has 0 aromatic heterocycles. The van der Waals surface area contributed by atoms with Gasteiger partial charge < -0.3 is 15.0 Å². The van der Waals surface area contributed by atoms with Crippen molar-refractivity contribution in [3.63, 3.8) is 0 Å². The second-order valence-electron chi connectivity index (χ2n) is 6.38. The number of nitrogens with zero attached hydrogens (tertiary/aromatic N) is 2. The van der Waals surface area contributed by atoms with Crippen LogP contribution in [0.5, 0.6) is 0 Å². The molecule has 6 nitrogen and oxygen atoms in total. The normalized spacial score (nSPS) is 21.2. The first-order valence-corrected chi connectivity index (χ1v) is 8.57. The fraction of sp³-hybridized carbons (Fsp3) is 0.556. The van der Waals surface area contributed by atoms with Crippen molar-refractivity contribution in [2.75, 3.05) is 39.4 Å². The maximum absolute atomic E-state index is 12.6. The highest BCUT2D eigenvalue weighted by Crippen LogP contribution is 2.23. The highest BCUT2D eigenvalue weighted by Gasteiger charge is 2.32. The Morgan fingerprint density at radius 1 is 1.21 bits per heavy atom. The van der Waals surface area contributed by atoms with E-state index in [1.807, 2.05) is 24.3 Å². The first-order chi connectivity index (χ1) is 11.6. The Morgan fingerprint density at radius 3 is 2.62 bits per heavy atom. The van der Waals surface area contributed by atoms with Gasteiger partial charge in [-0.1, -0.05) is 24.3 Å². The van der Waals surface area contributed by atoms with Crippen LogP contribution in [0.4, 0.5) is 0 Å². The summed E-state index contributed by atoms with van der Waals surface area (Å²) in [6.07, 6.45) is 0.582. The molecule has 2 aliphatic rings.